The van der Waals surface area contributed by atoms with Crippen LogP contribution in [-0.2, 0) is 33.6 Å². The number of carbonyl (C=O) groups is 1. The summed E-state index contributed by atoms with van der Waals surface area (Å²) in [5, 5.41) is 3.34. The highest BCUT2D eigenvalue weighted by Gasteiger charge is 2.20. The summed E-state index contributed by atoms with van der Waals surface area (Å²) in [5.41, 5.74) is 2.66. The lowest BCUT2D eigenvalue weighted by atomic mass is 10.0. The van der Waals surface area contributed by atoms with Crippen LogP contribution in [0.25, 0.3) is 11.0 Å². The van der Waals surface area contributed by atoms with Crippen LogP contribution in [0.15, 0.2) is 40.1 Å². The van der Waals surface area contributed by atoms with Crippen LogP contribution in [0.3, 0.4) is 0 Å². The van der Waals surface area contributed by atoms with Crippen LogP contribution in [0, 0.1) is 0 Å². The van der Waals surface area contributed by atoms with Gasteiger partial charge in [-0.15, -0.1) is 0 Å². The fraction of sp³-hybridized carbons (Fsp3) is 0.462. The Bertz CT molecular complexity index is 1350. The molecule has 1 aliphatic heterocycles. The number of aryl methyl sites for hydroxylation is 2. The SMILES string of the molecule is CCc1c(C(=O)NCc2ccccc2CN2CCN(CC)CC2)cnc2c1c(=O)n(C)c(=O)n2C. The van der Waals surface area contributed by atoms with Gasteiger partial charge in [0.15, 0.2) is 0 Å². The minimum Gasteiger partial charge on any atom is -0.348 e. The summed E-state index contributed by atoms with van der Waals surface area (Å²) in [5.74, 6) is -0.279. The molecule has 0 unspecified atom stereocenters. The molecule has 0 radical (unpaired) electrons. The second-order valence-electron chi connectivity index (χ2n) is 9.07. The van der Waals surface area contributed by atoms with Gasteiger partial charge in [-0.05, 0) is 29.7 Å². The van der Waals surface area contributed by atoms with Crippen LogP contribution in [0.2, 0.25) is 0 Å². The van der Waals surface area contributed by atoms with E-state index >= 15 is 0 Å². The first-order valence-electron chi connectivity index (χ1n) is 12.2. The average molecular weight is 479 g/mol. The number of rotatable bonds is 7. The van der Waals surface area contributed by atoms with Crippen LogP contribution in [0.1, 0.15) is 40.9 Å². The first kappa shape index (κ1) is 24.8. The van der Waals surface area contributed by atoms with Crippen LogP contribution in [0.5, 0.6) is 0 Å². The number of piperazine rings is 1. The molecule has 186 valence electrons. The highest BCUT2D eigenvalue weighted by molar-refractivity contribution is 5.99. The van der Waals surface area contributed by atoms with Gasteiger partial charge in [-0.3, -0.25) is 23.6 Å². The normalized spacial score (nSPS) is 15.0. The maximum atomic E-state index is 13.2. The zero-order valence-corrected chi connectivity index (χ0v) is 21.0. The third-order valence-electron chi connectivity index (χ3n) is 7.04. The molecule has 1 amide bonds. The maximum Gasteiger partial charge on any atom is 0.332 e. The van der Waals surface area contributed by atoms with E-state index in [1.165, 1.54) is 23.4 Å². The zero-order valence-electron chi connectivity index (χ0n) is 21.0. The number of nitrogens with zero attached hydrogens (tertiary/aromatic N) is 5. The van der Waals surface area contributed by atoms with Crippen molar-refractivity contribution in [3.05, 3.63) is 73.6 Å². The number of likely N-dealkylation sites (N-methyl/N-ethyl adjacent to an activating group) is 1. The second-order valence-corrected chi connectivity index (χ2v) is 9.07. The molecule has 9 nitrogen and oxygen atoms in total. The summed E-state index contributed by atoms with van der Waals surface area (Å²) in [6.07, 6.45) is 1.93. The van der Waals surface area contributed by atoms with Gasteiger partial charge >= 0.3 is 5.69 Å². The lowest BCUT2D eigenvalue weighted by Crippen LogP contribution is -2.45. The highest BCUT2D eigenvalue weighted by Crippen LogP contribution is 2.18. The molecule has 2 aromatic heterocycles. The molecule has 0 saturated carbocycles. The minimum atomic E-state index is -0.443. The fourth-order valence-corrected chi connectivity index (χ4v) is 4.81. The lowest BCUT2D eigenvalue weighted by molar-refractivity contribution is 0.0949. The van der Waals surface area contributed by atoms with Crippen molar-refractivity contribution >= 4 is 16.9 Å². The molecular weight excluding hydrogens is 444 g/mol. The van der Waals surface area contributed by atoms with Gasteiger partial charge in [0.05, 0.1) is 10.9 Å². The Morgan fingerprint density at radius 3 is 2.29 bits per heavy atom. The number of carbonyl (C=O) groups excluding carboxylic acids is 1. The predicted octanol–water partition coefficient (Wildman–Crippen LogP) is 1.26. The van der Waals surface area contributed by atoms with Crippen LogP contribution < -0.4 is 16.6 Å². The third kappa shape index (κ3) is 4.92. The number of nitrogens with one attached hydrogen (secondary N) is 1. The Balaban J connectivity index is 1.55. The van der Waals surface area contributed by atoms with E-state index in [0.29, 0.717) is 35.1 Å². The van der Waals surface area contributed by atoms with E-state index < -0.39 is 11.2 Å². The van der Waals surface area contributed by atoms with E-state index in [4.69, 9.17) is 0 Å². The summed E-state index contributed by atoms with van der Waals surface area (Å²) in [6, 6.07) is 8.18. The highest BCUT2D eigenvalue weighted by atomic mass is 16.2. The van der Waals surface area contributed by atoms with Crippen molar-refractivity contribution in [3.8, 4) is 0 Å². The summed E-state index contributed by atoms with van der Waals surface area (Å²) in [6.45, 7) is 10.6. The number of benzene rings is 1. The number of pyridine rings is 1. The van der Waals surface area contributed by atoms with E-state index in [0.717, 1.165) is 49.4 Å². The number of hydrogen-bond acceptors (Lipinski definition) is 6. The monoisotopic (exact) mass is 478 g/mol. The summed E-state index contributed by atoms with van der Waals surface area (Å²) >= 11 is 0. The Labute approximate surface area is 205 Å². The lowest BCUT2D eigenvalue weighted by Gasteiger charge is -2.34. The number of amides is 1. The summed E-state index contributed by atoms with van der Waals surface area (Å²) in [4.78, 5) is 47.6. The van der Waals surface area contributed by atoms with Gasteiger partial charge in [-0.25, -0.2) is 9.78 Å². The summed E-state index contributed by atoms with van der Waals surface area (Å²) in [7, 11) is 3.02. The minimum absolute atomic E-state index is 0.279. The van der Waals surface area contributed by atoms with Crippen LogP contribution in [0.4, 0.5) is 0 Å². The van der Waals surface area contributed by atoms with Crippen molar-refractivity contribution in [2.24, 2.45) is 14.1 Å². The van der Waals surface area contributed by atoms with E-state index in [1.54, 1.807) is 7.05 Å². The van der Waals surface area contributed by atoms with Crippen molar-refractivity contribution in [2.75, 3.05) is 32.7 Å². The zero-order chi connectivity index (χ0) is 25.1. The number of fused-ring (bicyclic) bond motifs is 1. The molecular formula is C26H34N6O3. The first-order chi connectivity index (χ1) is 16.8. The molecule has 1 fully saturated rings. The van der Waals surface area contributed by atoms with Gasteiger partial charge in [0, 0.05) is 59.6 Å². The van der Waals surface area contributed by atoms with Gasteiger partial charge < -0.3 is 10.2 Å². The quantitative estimate of drug-likeness (QED) is 0.550. The first-order valence-corrected chi connectivity index (χ1v) is 12.2. The molecule has 1 aliphatic rings. The fourth-order valence-electron chi connectivity index (χ4n) is 4.81. The average Bonchev–Trinajstić information content (AvgIpc) is 2.89. The van der Waals surface area contributed by atoms with E-state index in [-0.39, 0.29) is 5.91 Å². The number of aromatic nitrogens is 3. The predicted molar refractivity (Wildman–Crippen MR) is 137 cm³/mol. The third-order valence-corrected chi connectivity index (χ3v) is 7.04. The smallest absolute Gasteiger partial charge is 0.332 e. The molecule has 1 saturated heterocycles. The van der Waals surface area contributed by atoms with Gasteiger partial charge in [0.25, 0.3) is 11.5 Å². The molecule has 0 bridgehead atoms. The number of hydrogen-bond donors (Lipinski definition) is 1. The van der Waals surface area contributed by atoms with E-state index in [9.17, 15) is 14.4 Å². The van der Waals surface area contributed by atoms with Gasteiger partial charge in [0.2, 0.25) is 0 Å². The largest absolute Gasteiger partial charge is 0.348 e. The van der Waals surface area contributed by atoms with Crippen molar-refractivity contribution in [1.29, 1.82) is 0 Å². The van der Waals surface area contributed by atoms with Crippen LogP contribution in [-0.4, -0.2) is 62.5 Å². The molecule has 9 heteroatoms. The molecule has 3 aromatic rings. The molecule has 0 aliphatic carbocycles. The molecule has 35 heavy (non-hydrogen) atoms. The second kappa shape index (κ2) is 10.5. The molecule has 4 rings (SSSR count). The van der Waals surface area contributed by atoms with Crippen molar-refractivity contribution < 1.29 is 4.79 Å². The van der Waals surface area contributed by atoms with Crippen LogP contribution >= 0.6 is 0 Å². The Kier molecular flexibility index (Phi) is 7.47. The van der Waals surface area contributed by atoms with Crippen molar-refractivity contribution in [2.45, 2.75) is 33.4 Å². The molecule has 1 N–H and O–H groups in total. The van der Waals surface area contributed by atoms with Crippen molar-refractivity contribution in [1.82, 2.24) is 29.2 Å². The van der Waals surface area contributed by atoms with Gasteiger partial charge in [0.1, 0.15) is 5.65 Å². The summed E-state index contributed by atoms with van der Waals surface area (Å²) < 4.78 is 2.40. The van der Waals surface area contributed by atoms with Gasteiger partial charge in [-0.1, -0.05) is 38.1 Å². The van der Waals surface area contributed by atoms with Gasteiger partial charge in [-0.2, -0.15) is 0 Å². The topological polar surface area (TPSA) is 92.5 Å². The molecule has 0 atom stereocenters. The van der Waals surface area contributed by atoms with E-state index in [2.05, 4.69) is 33.1 Å². The molecule has 3 heterocycles. The Hall–Kier alpha value is -3.30. The standard InChI is InChI=1S/C26H34N6O3/c1-5-20-21(16-27-23-22(20)25(34)30(4)26(35)29(23)3)24(33)28-15-18-9-7-8-10-19(18)17-32-13-11-31(6-2)12-14-32/h7-10,16H,5-6,11-15,17H2,1-4H3,(H,28,33). The molecule has 1 aromatic carbocycles. The Morgan fingerprint density at radius 2 is 1.63 bits per heavy atom. The Morgan fingerprint density at radius 1 is 0.971 bits per heavy atom. The molecule has 0 spiro atoms. The maximum absolute atomic E-state index is 13.2. The van der Waals surface area contributed by atoms with E-state index in [1.807, 2.05) is 25.1 Å². The van der Waals surface area contributed by atoms with Crippen molar-refractivity contribution in [3.63, 3.8) is 0 Å².